The minimum Gasteiger partial charge on any atom is -0.365 e. The van der Waals surface area contributed by atoms with E-state index in [2.05, 4.69) is 5.32 Å². The Bertz CT molecular complexity index is 639. The molecule has 1 aromatic rings. The zero-order valence-corrected chi connectivity index (χ0v) is 13.1. The van der Waals surface area contributed by atoms with Crippen molar-refractivity contribution in [2.24, 2.45) is 5.92 Å². The van der Waals surface area contributed by atoms with Crippen molar-refractivity contribution in [1.82, 2.24) is 5.32 Å². The zero-order chi connectivity index (χ0) is 16.8. The molecule has 122 valence electrons. The fourth-order valence-electron chi connectivity index (χ4n) is 2.81. The van der Waals surface area contributed by atoms with Crippen LogP contribution in [0, 0.1) is 27.4 Å². The summed E-state index contributed by atoms with van der Waals surface area (Å²) in [6, 6.07) is 6.38. The Labute approximate surface area is 135 Å². The van der Waals surface area contributed by atoms with Gasteiger partial charge in [0.2, 0.25) is 5.91 Å². The predicted octanol–water partition coefficient (Wildman–Crippen LogP) is 2.21. The number of carbonyl (C=O) groups is 1. The standard InChI is InChI=1S/C16H20N4O3/c1-2-7-18-16(21)13-4-3-8-19(11-13)14-6-5-12(10-17)9-15(14)20(22)23/h5-6,9,13H,2-4,7-8,11H2,1H3,(H,18,21). The second-order valence-corrected chi connectivity index (χ2v) is 5.65. The summed E-state index contributed by atoms with van der Waals surface area (Å²) in [5, 5.41) is 23.1. The van der Waals surface area contributed by atoms with Crippen LogP contribution in [0.15, 0.2) is 18.2 Å². The van der Waals surface area contributed by atoms with Gasteiger partial charge in [0.15, 0.2) is 0 Å². The summed E-state index contributed by atoms with van der Waals surface area (Å²) in [5.41, 5.74) is 0.648. The van der Waals surface area contributed by atoms with Gasteiger partial charge in [0.1, 0.15) is 5.69 Å². The van der Waals surface area contributed by atoms with Crippen LogP contribution >= 0.6 is 0 Å². The molecule has 1 N–H and O–H groups in total. The molecular weight excluding hydrogens is 296 g/mol. The van der Waals surface area contributed by atoms with E-state index in [0.29, 0.717) is 25.3 Å². The molecule has 1 aliphatic rings. The molecular formula is C16H20N4O3. The van der Waals surface area contributed by atoms with E-state index in [1.165, 1.54) is 6.07 Å². The first-order valence-electron chi connectivity index (χ1n) is 7.78. The van der Waals surface area contributed by atoms with E-state index >= 15 is 0 Å². The third-order valence-corrected chi connectivity index (χ3v) is 3.98. The number of hydrogen-bond donors (Lipinski definition) is 1. The van der Waals surface area contributed by atoms with E-state index in [1.807, 2.05) is 17.9 Å². The molecule has 1 fully saturated rings. The van der Waals surface area contributed by atoms with Crippen LogP contribution in [0.5, 0.6) is 0 Å². The summed E-state index contributed by atoms with van der Waals surface area (Å²) in [6.45, 7) is 3.77. The minimum absolute atomic E-state index is 0.00727. The maximum Gasteiger partial charge on any atom is 0.293 e. The van der Waals surface area contributed by atoms with Crippen molar-refractivity contribution in [3.05, 3.63) is 33.9 Å². The molecule has 0 saturated carbocycles. The number of hydrogen-bond acceptors (Lipinski definition) is 5. The minimum atomic E-state index is -0.475. The van der Waals surface area contributed by atoms with Gasteiger partial charge in [-0.2, -0.15) is 5.26 Å². The van der Waals surface area contributed by atoms with Crippen LogP contribution in [-0.4, -0.2) is 30.5 Å². The third kappa shape index (κ3) is 3.97. The number of nitriles is 1. The lowest BCUT2D eigenvalue weighted by atomic mass is 9.96. The van der Waals surface area contributed by atoms with Crippen molar-refractivity contribution in [2.75, 3.05) is 24.5 Å². The van der Waals surface area contributed by atoms with Crippen LogP contribution in [0.25, 0.3) is 0 Å². The summed E-state index contributed by atoms with van der Waals surface area (Å²) < 4.78 is 0. The number of benzene rings is 1. The number of nitrogens with zero attached hydrogens (tertiary/aromatic N) is 3. The molecule has 7 nitrogen and oxygen atoms in total. The number of nitro benzene ring substituents is 1. The largest absolute Gasteiger partial charge is 0.365 e. The molecule has 0 bridgehead atoms. The van der Waals surface area contributed by atoms with E-state index < -0.39 is 4.92 Å². The highest BCUT2D eigenvalue weighted by Gasteiger charge is 2.29. The molecule has 1 unspecified atom stereocenters. The zero-order valence-electron chi connectivity index (χ0n) is 13.1. The third-order valence-electron chi connectivity index (χ3n) is 3.98. The lowest BCUT2D eigenvalue weighted by molar-refractivity contribution is -0.384. The molecule has 1 atom stereocenters. The van der Waals surface area contributed by atoms with Crippen molar-refractivity contribution in [1.29, 1.82) is 5.26 Å². The normalized spacial score (nSPS) is 17.4. The maximum atomic E-state index is 12.1. The summed E-state index contributed by atoms with van der Waals surface area (Å²) in [7, 11) is 0. The van der Waals surface area contributed by atoms with Crippen LogP contribution in [0.4, 0.5) is 11.4 Å². The number of amides is 1. The average Bonchev–Trinajstić information content (AvgIpc) is 2.59. The Hall–Kier alpha value is -2.62. The van der Waals surface area contributed by atoms with Crippen LogP contribution in [0.1, 0.15) is 31.7 Å². The van der Waals surface area contributed by atoms with E-state index in [1.54, 1.807) is 12.1 Å². The fraction of sp³-hybridized carbons (Fsp3) is 0.500. The van der Waals surface area contributed by atoms with Gasteiger partial charge in [-0.1, -0.05) is 6.92 Å². The van der Waals surface area contributed by atoms with Crippen LogP contribution in [0.3, 0.4) is 0 Å². The SMILES string of the molecule is CCCNC(=O)C1CCCN(c2ccc(C#N)cc2[N+](=O)[O-])C1. The maximum absolute atomic E-state index is 12.1. The van der Waals surface area contributed by atoms with Crippen LogP contribution in [-0.2, 0) is 4.79 Å². The Morgan fingerprint density at radius 3 is 3.00 bits per heavy atom. The quantitative estimate of drug-likeness (QED) is 0.663. The van der Waals surface area contributed by atoms with Gasteiger partial charge in [0.05, 0.1) is 22.5 Å². The van der Waals surface area contributed by atoms with Gasteiger partial charge in [0, 0.05) is 25.7 Å². The molecule has 7 heteroatoms. The highest BCUT2D eigenvalue weighted by Crippen LogP contribution is 2.32. The molecule has 0 radical (unpaired) electrons. The highest BCUT2D eigenvalue weighted by molar-refractivity contribution is 5.80. The summed E-state index contributed by atoms with van der Waals surface area (Å²) >= 11 is 0. The van der Waals surface area contributed by atoms with Gasteiger partial charge >= 0.3 is 0 Å². The summed E-state index contributed by atoms with van der Waals surface area (Å²) in [6.07, 6.45) is 2.47. The number of rotatable bonds is 5. The Kier molecular flexibility index (Phi) is 5.52. The van der Waals surface area contributed by atoms with Crippen molar-refractivity contribution in [3.8, 4) is 6.07 Å². The average molecular weight is 316 g/mol. The van der Waals surface area contributed by atoms with Gasteiger partial charge in [0.25, 0.3) is 5.69 Å². The molecule has 2 rings (SSSR count). The predicted molar refractivity (Wildman–Crippen MR) is 86.0 cm³/mol. The summed E-state index contributed by atoms with van der Waals surface area (Å²) in [4.78, 5) is 24.8. The van der Waals surface area contributed by atoms with E-state index in [0.717, 1.165) is 19.3 Å². The molecule has 1 amide bonds. The molecule has 0 aromatic heterocycles. The smallest absolute Gasteiger partial charge is 0.293 e. The monoisotopic (exact) mass is 316 g/mol. The van der Waals surface area contributed by atoms with Gasteiger partial charge < -0.3 is 10.2 Å². The number of nitrogens with one attached hydrogen (secondary N) is 1. The van der Waals surface area contributed by atoms with Gasteiger partial charge in [-0.3, -0.25) is 14.9 Å². The Morgan fingerprint density at radius 2 is 2.35 bits per heavy atom. The molecule has 0 spiro atoms. The molecule has 0 aliphatic carbocycles. The molecule has 23 heavy (non-hydrogen) atoms. The van der Waals surface area contributed by atoms with E-state index in [4.69, 9.17) is 5.26 Å². The van der Waals surface area contributed by atoms with Crippen LogP contribution < -0.4 is 10.2 Å². The highest BCUT2D eigenvalue weighted by atomic mass is 16.6. The second kappa shape index (κ2) is 7.58. The van der Waals surface area contributed by atoms with Crippen LogP contribution in [0.2, 0.25) is 0 Å². The first-order valence-corrected chi connectivity index (χ1v) is 7.78. The number of carbonyl (C=O) groups excluding carboxylic acids is 1. The topological polar surface area (TPSA) is 99.3 Å². The Morgan fingerprint density at radius 1 is 1.57 bits per heavy atom. The number of piperidine rings is 1. The van der Waals surface area contributed by atoms with E-state index in [9.17, 15) is 14.9 Å². The lowest BCUT2D eigenvalue weighted by Gasteiger charge is -2.33. The Balaban J connectivity index is 2.20. The first kappa shape index (κ1) is 16.7. The second-order valence-electron chi connectivity index (χ2n) is 5.65. The van der Waals surface area contributed by atoms with Gasteiger partial charge in [-0.25, -0.2) is 0 Å². The molecule has 1 heterocycles. The molecule has 1 aliphatic heterocycles. The number of anilines is 1. The first-order chi connectivity index (χ1) is 11.1. The van der Waals surface area contributed by atoms with Gasteiger partial charge in [-0.15, -0.1) is 0 Å². The van der Waals surface area contributed by atoms with Crippen molar-refractivity contribution >= 4 is 17.3 Å². The van der Waals surface area contributed by atoms with Crippen molar-refractivity contribution < 1.29 is 9.72 Å². The summed E-state index contributed by atoms with van der Waals surface area (Å²) in [5.74, 6) is -0.154. The molecule has 1 aromatic carbocycles. The number of nitro groups is 1. The van der Waals surface area contributed by atoms with Crippen molar-refractivity contribution in [3.63, 3.8) is 0 Å². The van der Waals surface area contributed by atoms with E-state index in [-0.39, 0.29) is 23.1 Å². The lowest BCUT2D eigenvalue weighted by Crippen LogP contribution is -2.43. The van der Waals surface area contributed by atoms with Crippen molar-refractivity contribution in [2.45, 2.75) is 26.2 Å². The fourth-order valence-corrected chi connectivity index (χ4v) is 2.81. The van der Waals surface area contributed by atoms with Gasteiger partial charge in [-0.05, 0) is 31.4 Å². The molecule has 1 saturated heterocycles.